The molecule has 1 aromatic rings. The fraction of sp³-hybridized carbons (Fsp3) is 0.625. The summed E-state index contributed by atoms with van der Waals surface area (Å²) in [5.74, 6) is -0.448. The Morgan fingerprint density at radius 1 is 1.71 bits per heavy atom. The lowest BCUT2D eigenvalue weighted by atomic mass is 10.2. The summed E-state index contributed by atoms with van der Waals surface area (Å²) in [6.07, 6.45) is -0.392. The van der Waals surface area contributed by atoms with Crippen LogP contribution in [0.25, 0.3) is 0 Å². The van der Waals surface area contributed by atoms with Gasteiger partial charge in [0.1, 0.15) is 24.6 Å². The average Bonchev–Trinajstić information content (AvgIpc) is 2.86. The minimum atomic E-state index is -1.15. The molecule has 4 atom stereocenters. The zero-order chi connectivity index (χ0) is 12.6. The molecule has 0 amide bonds. The first-order valence-electron chi connectivity index (χ1n) is 4.82. The highest BCUT2D eigenvalue weighted by atomic mass is 35.5. The highest BCUT2D eigenvalue weighted by molar-refractivity contribution is 6.21. The molecular formula is C8H10ClN3O5. The van der Waals surface area contributed by atoms with E-state index in [1.54, 1.807) is 0 Å². The molecule has 0 aromatic carbocycles. The van der Waals surface area contributed by atoms with Crippen LogP contribution >= 0.6 is 11.6 Å². The molecule has 1 aliphatic heterocycles. The molecule has 17 heavy (non-hydrogen) atoms. The summed E-state index contributed by atoms with van der Waals surface area (Å²) in [6.45, 7) is -0.371. The number of hydrogen-bond donors (Lipinski definition) is 2. The maximum absolute atomic E-state index is 10.7. The summed E-state index contributed by atoms with van der Waals surface area (Å²) >= 11 is 5.83. The number of rotatable bonds is 3. The molecule has 1 saturated heterocycles. The summed E-state index contributed by atoms with van der Waals surface area (Å²) in [7, 11) is 0. The van der Waals surface area contributed by atoms with Gasteiger partial charge in [0.05, 0.1) is 12.0 Å². The number of halogens is 1. The van der Waals surface area contributed by atoms with Crippen molar-refractivity contribution in [3.63, 3.8) is 0 Å². The van der Waals surface area contributed by atoms with Crippen LogP contribution < -0.4 is 0 Å². The molecule has 0 bridgehead atoms. The number of alkyl halides is 1. The molecule has 0 aliphatic carbocycles. The second-order valence-corrected chi connectivity index (χ2v) is 4.08. The smallest absolute Gasteiger partial charge is 0.394 e. The Balaban J connectivity index is 2.29. The first-order chi connectivity index (χ1) is 8.06. The van der Waals surface area contributed by atoms with Crippen molar-refractivity contribution in [3.8, 4) is 0 Å². The third-order valence-corrected chi connectivity index (χ3v) is 3.09. The van der Waals surface area contributed by atoms with Crippen molar-refractivity contribution in [3.05, 3.63) is 22.5 Å². The minimum absolute atomic E-state index is 0.371. The van der Waals surface area contributed by atoms with E-state index in [0.717, 1.165) is 4.57 Å². The molecule has 0 saturated carbocycles. The molecule has 1 unspecified atom stereocenters. The molecule has 1 aromatic heterocycles. The van der Waals surface area contributed by atoms with Crippen molar-refractivity contribution in [2.24, 2.45) is 0 Å². The van der Waals surface area contributed by atoms with Crippen LogP contribution in [0.2, 0.25) is 0 Å². The normalized spacial score (nSPS) is 32.9. The lowest BCUT2D eigenvalue weighted by molar-refractivity contribution is -0.398. The van der Waals surface area contributed by atoms with E-state index >= 15 is 0 Å². The lowest BCUT2D eigenvalue weighted by Gasteiger charge is -2.13. The van der Waals surface area contributed by atoms with Gasteiger partial charge in [0.15, 0.2) is 0 Å². The van der Waals surface area contributed by atoms with Gasteiger partial charge >= 0.3 is 5.95 Å². The van der Waals surface area contributed by atoms with E-state index in [0.29, 0.717) is 0 Å². The Morgan fingerprint density at radius 3 is 2.94 bits per heavy atom. The van der Waals surface area contributed by atoms with E-state index in [1.807, 2.05) is 0 Å². The van der Waals surface area contributed by atoms with Gasteiger partial charge in [0.25, 0.3) is 0 Å². The standard InChI is InChI=1S/C8H10ClN3O5/c9-5-4(3-13)17-7(6(5)14)11-2-1-10-8(11)12(15)16/h1-2,4-7,13-14H,3H2/t4?,5-,6+,7+/m0/s1. The van der Waals surface area contributed by atoms with Crippen LogP contribution in [0.1, 0.15) is 6.23 Å². The zero-order valence-electron chi connectivity index (χ0n) is 8.51. The monoisotopic (exact) mass is 263 g/mol. The molecule has 9 heteroatoms. The SMILES string of the molecule is O=[N+]([O-])c1nccn1[C@@H]1OC(CO)[C@H](Cl)[C@H]1O. The Bertz CT molecular complexity index is 425. The Morgan fingerprint density at radius 2 is 2.41 bits per heavy atom. The number of nitrogens with zero attached hydrogens (tertiary/aromatic N) is 3. The van der Waals surface area contributed by atoms with Gasteiger partial charge in [0.2, 0.25) is 6.23 Å². The van der Waals surface area contributed by atoms with Crippen molar-refractivity contribution in [2.45, 2.75) is 23.8 Å². The molecule has 94 valence electrons. The van der Waals surface area contributed by atoms with Crippen LogP contribution in [0.5, 0.6) is 0 Å². The lowest BCUT2D eigenvalue weighted by Crippen LogP contribution is -2.28. The highest BCUT2D eigenvalue weighted by Crippen LogP contribution is 2.34. The molecule has 0 spiro atoms. The summed E-state index contributed by atoms with van der Waals surface area (Å²) in [4.78, 5) is 13.5. The van der Waals surface area contributed by atoms with E-state index in [9.17, 15) is 15.2 Å². The fourth-order valence-corrected chi connectivity index (χ4v) is 1.99. The maximum atomic E-state index is 10.7. The second-order valence-electron chi connectivity index (χ2n) is 3.57. The predicted molar refractivity (Wildman–Crippen MR) is 55.5 cm³/mol. The number of aliphatic hydroxyl groups excluding tert-OH is 2. The van der Waals surface area contributed by atoms with Crippen molar-refractivity contribution in [1.29, 1.82) is 0 Å². The average molecular weight is 264 g/mol. The van der Waals surface area contributed by atoms with Crippen molar-refractivity contribution < 1.29 is 19.9 Å². The number of ether oxygens (including phenoxy) is 1. The van der Waals surface area contributed by atoms with Crippen LogP contribution in [-0.4, -0.2) is 48.9 Å². The number of nitro groups is 1. The number of aliphatic hydroxyl groups is 2. The quantitative estimate of drug-likeness (QED) is 0.438. The molecule has 2 N–H and O–H groups in total. The third-order valence-electron chi connectivity index (χ3n) is 2.55. The van der Waals surface area contributed by atoms with Gasteiger partial charge in [-0.1, -0.05) is 4.98 Å². The Hall–Kier alpha value is -1.22. The van der Waals surface area contributed by atoms with Gasteiger partial charge in [-0.25, -0.2) is 0 Å². The van der Waals surface area contributed by atoms with Crippen molar-refractivity contribution in [1.82, 2.24) is 9.55 Å². The van der Waals surface area contributed by atoms with E-state index in [2.05, 4.69) is 4.98 Å². The fourth-order valence-electron chi connectivity index (χ4n) is 1.73. The molecule has 1 aliphatic rings. The third kappa shape index (κ3) is 2.00. The van der Waals surface area contributed by atoms with E-state index in [-0.39, 0.29) is 6.61 Å². The minimum Gasteiger partial charge on any atom is -0.394 e. The van der Waals surface area contributed by atoms with Crippen LogP contribution in [0.3, 0.4) is 0 Å². The van der Waals surface area contributed by atoms with E-state index in [1.165, 1.54) is 12.4 Å². The maximum Gasteiger partial charge on any atom is 0.436 e. The van der Waals surface area contributed by atoms with E-state index in [4.69, 9.17) is 21.4 Å². The summed E-state index contributed by atoms with van der Waals surface area (Å²) in [6, 6.07) is 0. The molecule has 0 radical (unpaired) electrons. The number of hydrogen-bond acceptors (Lipinski definition) is 6. The molecular weight excluding hydrogens is 254 g/mol. The second kappa shape index (κ2) is 4.57. The predicted octanol–water partition coefficient (Wildman–Crippen LogP) is -0.351. The zero-order valence-corrected chi connectivity index (χ0v) is 9.27. The summed E-state index contributed by atoms with van der Waals surface area (Å²) in [5, 5.41) is 28.6. The van der Waals surface area contributed by atoms with Crippen LogP contribution in [0.4, 0.5) is 5.95 Å². The Kier molecular flexibility index (Phi) is 3.29. The van der Waals surface area contributed by atoms with E-state index < -0.39 is 34.7 Å². The van der Waals surface area contributed by atoms with Crippen LogP contribution in [0.15, 0.2) is 12.4 Å². The molecule has 1 fully saturated rings. The molecule has 2 heterocycles. The van der Waals surface area contributed by atoms with Gasteiger partial charge in [-0.05, 0) is 4.92 Å². The van der Waals surface area contributed by atoms with Crippen molar-refractivity contribution >= 4 is 17.5 Å². The van der Waals surface area contributed by atoms with Gasteiger partial charge in [0, 0.05) is 0 Å². The first-order valence-corrected chi connectivity index (χ1v) is 5.25. The summed E-state index contributed by atoms with van der Waals surface area (Å²) in [5.41, 5.74) is 0. The van der Waals surface area contributed by atoms with Crippen LogP contribution in [0, 0.1) is 10.1 Å². The summed E-state index contributed by atoms with van der Waals surface area (Å²) < 4.78 is 6.34. The largest absolute Gasteiger partial charge is 0.436 e. The van der Waals surface area contributed by atoms with Crippen LogP contribution in [-0.2, 0) is 4.74 Å². The molecule has 8 nitrogen and oxygen atoms in total. The van der Waals surface area contributed by atoms with Crippen molar-refractivity contribution in [2.75, 3.05) is 6.61 Å². The van der Waals surface area contributed by atoms with Gasteiger partial charge in [-0.2, -0.15) is 4.57 Å². The van der Waals surface area contributed by atoms with Gasteiger partial charge in [-0.15, -0.1) is 11.6 Å². The van der Waals surface area contributed by atoms with Gasteiger partial charge in [-0.3, -0.25) is 0 Å². The number of imidazole rings is 1. The highest BCUT2D eigenvalue weighted by Gasteiger charge is 2.46. The molecule has 2 rings (SSSR count). The van der Waals surface area contributed by atoms with Gasteiger partial charge < -0.3 is 25.1 Å². The topological polar surface area (TPSA) is 111 Å². The number of aromatic nitrogens is 2. The Labute approximate surface area is 101 Å². The first kappa shape index (κ1) is 12.2.